The molecule has 0 aliphatic rings. The quantitative estimate of drug-likeness (QED) is 0.403. The first kappa shape index (κ1) is 20.8. The van der Waals surface area contributed by atoms with Crippen molar-refractivity contribution in [2.24, 2.45) is 0 Å². The Kier molecular flexibility index (Phi) is 5.85. The molecule has 3 aromatic carbocycles. The van der Waals surface area contributed by atoms with Crippen LogP contribution in [0.3, 0.4) is 0 Å². The summed E-state index contributed by atoms with van der Waals surface area (Å²) in [5.74, 6) is 1.23. The fourth-order valence-corrected chi connectivity index (χ4v) is 3.43. The molecule has 0 unspecified atom stereocenters. The van der Waals surface area contributed by atoms with Crippen molar-refractivity contribution in [3.05, 3.63) is 84.4 Å². The number of hydrogen-bond acceptors (Lipinski definition) is 4. The molecule has 0 spiro atoms. The zero-order chi connectivity index (χ0) is 21.8. The second-order valence-electron chi connectivity index (χ2n) is 8.50. The number of halogens is 1. The molecule has 4 nitrogen and oxygen atoms in total. The van der Waals surface area contributed by atoms with Crippen molar-refractivity contribution in [3.8, 4) is 16.9 Å². The smallest absolute Gasteiger partial charge is 0.137 e. The summed E-state index contributed by atoms with van der Waals surface area (Å²) >= 11 is 0. The largest absolute Gasteiger partial charge is 0.488 e. The molecule has 0 fully saturated rings. The van der Waals surface area contributed by atoms with Gasteiger partial charge in [-0.15, -0.1) is 0 Å². The lowest BCUT2D eigenvalue weighted by atomic mass is 10.0. The average Bonchev–Trinajstić information content (AvgIpc) is 2.74. The zero-order valence-corrected chi connectivity index (χ0v) is 18.0. The van der Waals surface area contributed by atoms with Crippen molar-refractivity contribution in [1.29, 1.82) is 0 Å². The molecule has 0 aliphatic heterocycles. The summed E-state index contributed by atoms with van der Waals surface area (Å²) in [5.41, 5.74) is 4.05. The van der Waals surface area contributed by atoms with Crippen LogP contribution in [0.5, 0.6) is 5.75 Å². The van der Waals surface area contributed by atoms with E-state index in [-0.39, 0.29) is 11.4 Å². The number of nitrogens with one attached hydrogen (secondary N) is 1. The van der Waals surface area contributed by atoms with Crippen molar-refractivity contribution in [3.63, 3.8) is 0 Å². The number of rotatable bonds is 6. The number of fused-ring (bicyclic) bond motifs is 1. The van der Waals surface area contributed by atoms with E-state index in [0.29, 0.717) is 17.7 Å². The van der Waals surface area contributed by atoms with Gasteiger partial charge in [0.25, 0.3) is 0 Å². The summed E-state index contributed by atoms with van der Waals surface area (Å²) in [6, 6.07) is 21.2. The summed E-state index contributed by atoms with van der Waals surface area (Å²) in [5, 5.41) is 3.99. The number of hydrogen-bond donors (Lipinski definition) is 1. The molecule has 0 amide bonds. The molecule has 1 aromatic heterocycles. The number of benzene rings is 3. The predicted molar refractivity (Wildman–Crippen MR) is 124 cm³/mol. The Morgan fingerprint density at radius 2 is 1.55 bits per heavy atom. The van der Waals surface area contributed by atoms with Gasteiger partial charge in [0.2, 0.25) is 0 Å². The van der Waals surface area contributed by atoms with Gasteiger partial charge in [-0.1, -0.05) is 36.4 Å². The van der Waals surface area contributed by atoms with Crippen molar-refractivity contribution in [2.45, 2.75) is 32.8 Å². The molecular formula is C26H26FN3O. The Hall–Kier alpha value is -3.47. The molecule has 4 aromatic rings. The normalized spacial score (nSPS) is 11.5. The average molecular weight is 416 g/mol. The molecule has 0 bridgehead atoms. The van der Waals surface area contributed by atoms with E-state index in [0.717, 1.165) is 28.8 Å². The standard InChI is InChI=1S/C26H26FN3O/c1-26(2,3)31-22-11-8-20(9-12-22)19-6-4-18(5-7-19)14-15-28-25-23-16-21(27)10-13-24(23)29-17-30-25/h4-13,16-17H,14-15H2,1-3H3,(H,28,29,30). The van der Waals surface area contributed by atoms with Crippen LogP contribution in [0.15, 0.2) is 73.1 Å². The van der Waals surface area contributed by atoms with Crippen LogP contribution < -0.4 is 10.1 Å². The Morgan fingerprint density at radius 1 is 0.871 bits per heavy atom. The highest BCUT2D eigenvalue weighted by molar-refractivity contribution is 5.88. The third-order valence-corrected chi connectivity index (χ3v) is 4.87. The van der Waals surface area contributed by atoms with Gasteiger partial charge in [0, 0.05) is 11.9 Å². The van der Waals surface area contributed by atoms with Gasteiger partial charge in [-0.25, -0.2) is 14.4 Å². The Balaban J connectivity index is 1.38. The predicted octanol–water partition coefficient (Wildman–Crippen LogP) is 6.27. The van der Waals surface area contributed by atoms with Gasteiger partial charge in [0.1, 0.15) is 29.3 Å². The van der Waals surface area contributed by atoms with Crippen molar-refractivity contribution in [1.82, 2.24) is 9.97 Å². The Morgan fingerprint density at radius 3 is 2.23 bits per heavy atom. The van der Waals surface area contributed by atoms with Crippen LogP contribution in [0, 0.1) is 5.82 Å². The van der Waals surface area contributed by atoms with Crippen LogP contribution in [-0.4, -0.2) is 22.1 Å². The minimum atomic E-state index is -0.293. The monoisotopic (exact) mass is 415 g/mol. The van der Waals surface area contributed by atoms with Crippen LogP contribution in [0.1, 0.15) is 26.3 Å². The van der Waals surface area contributed by atoms with Crippen LogP contribution in [0.4, 0.5) is 10.2 Å². The fourth-order valence-electron chi connectivity index (χ4n) is 3.43. The van der Waals surface area contributed by atoms with E-state index in [9.17, 15) is 4.39 Å². The third-order valence-electron chi connectivity index (χ3n) is 4.87. The van der Waals surface area contributed by atoms with E-state index < -0.39 is 0 Å². The first-order valence-corrected chi connectivity index (χ1v) is 10.4. The van der Waals surface area contributed by atoms with Crippen LogP contribution in [0.25, 0.3) is 22.0 Å². The van der Waals surface area contributed by atoms with Crippen LogP contribution in [-0.2, 0) is 6.42 Å². The van der Waals surface area contributed by atoms with E-state index in [2.05, 4.69) is 51.7 Å². The third kappa shape index (κ3) is 5.37. The second kappa shape index (κ2) is 8.72. The minimum absolute atomic E-state index is 0.205. The molecule has 0 aliphatic carbocycles. The first-order chi connectivity index (χ1) is 14.9. The fraction of sp³-hybridized carbons (Fsp3) is 0.231. The summed E-state index contributed by atoms with van der Waals surface area (Å²) in [4.78, 5) is 8.45. The number of ether oxygens (including phenoxy) is 1. The van der Waals surface area contributed by atoms with Gasteiger partial charge in [0.15, 0.2) is 0 Å². The van der Waals surface area contributed by atoms with Crippen molar-refractivity contribution >= 4 is 16.7 Å². The van der Waals surface area contributed by atoms with E-state index in [1.807, 2.05) is 32.9 Å². The van der Waals surface area contributed by atoms with E-state index in [1.165, 1.54) is 24.0 Å². The van der Waals surface area contributed by atoms with Gasteiger partial charge >= 0.3 is 0 Å². The van der Waals surface area contributed by atoms with Gasteiger partial charge in [-0.3, -0.25) is 0 Å². The summed E-state index contributed by atoms with van der Waals surface area (Å²) < 4.78 is 19.5. The minimum Gasteiger partial charge on any atom is -0.488 e. The molecule has 1 N–H and O–H groups in total. The first-order valence-electron chi connectivity index (χ1n) is 10.4. The van der Waals surface area contributed by atoms with Gasteiger partial charge in [0.05, 0.1) is 5.52 Å². The topological polar surface area (TPSA) is 47.0 Å². The summed E-state index contributed by atoms with van der Waals surface area (Å²) in [7, 11) is 0. The Labute approximate surface area is 182 Å². The highest BCUT2D eigenvalue weighted by Gasteiger charge is 2.11. The molecule has 0 saturated carbocycles. The lowest BCUT2D eigenvalue weighted by Gasteiger charge is -2.21. The van der Waals surface area contributed by atoms with Gasteiger partial charge in [-0.2, -0.15) is 0 Å². The molecular weight excluding hydrogens is 389 g/mol. The van der Waals surface area contributed by atoms with Gasteiger partial charge < -0.3 is 10.1 Å². The number of anilines is 1. The molecule has 5 heteroatoms. The maximum Gasteiger partial charge on any atom is 0.137 e. The summed E-state index contributed by atoms with van der Waals surface area (Å²) in [6.45, 7) is 6.82. The zero-order valence-electron chi connectivity index (χ0n) is 18.0. The van der Waals surface area contributed by atoms with Gasteiger partial charge in [-0.05, 0) is 74.2 Å². The lowest BCUT2D eigenvalue weighted by molar-refractivity contribution is 0.131. The van der Waals surface area contributed by atoms with E-state index >= 15 is 0 Å². The van der Waals surface area contributed by atoms with Crippen LogP contribution in [0.2, 0.25) is 0 Å². The van der Waals surface area contributed by atoms with Crippen molar-refractivity contribution < 1.29 is 9.13 Å². The Bertz CT molecular complexity index is 1170. The molecule has 158 valence electrons. The lowest BCUT2D eigenvalue weighted by Crippen LogP contribution is -2.22. The highest BCUT2D eigenvalue weighted by atomic mass is 19.1. The second-order valence-corrected chi connectivity index (χ2v) is 8.50. The molecule has 1 heterocycles. The molecule has 0 atom stereocenters. The maximum atomic E-state index is 13.6. The molecule has 31 heavy (non-hydrogen) atoms. The number of aromatic nitrogens is 2. The molecule has 0 saturated heterocycles. The molecule has 0 radical (unpaired) electrons. The highest BCUT2D eigenvalue weighted by Crippen LogP contribution is 2.25. The molecule has 4 rings (SSSR count). The maximum absolute atomic E-state index is 13.6. The summed E-state index contributed by atoms with van der Waals surface area (Å²) in [6.07, 6.45) is 2.33. The SMILES string of the molecule is CC(C)(C)Oc1ccc(-c2ccc(CCNc3ncnc4ccc(F)cc34)cc2)cc1. The number of nitrogens with zero attached hydrogens (tertiary/aromatic N) is 2. The van der Waals surface area contributed by atoms with Crippen molar-refractivity contribution in [2.75, 3.05) is 11.9 Å². The van der Waals surface area contributed by atoms with E-state index in [4.69, 9.17) is 4.74 Å². The van der Waals surface area contributed by atoms with E-state index in [1.54, 1.807) is 6.07 Å². The van der Waals surface area contributed by atoms with Crippen LogP contribution >= 0.6 is 0 Å².